The molecule has 1 aliphatic rings. The van der Waals surface area contributed by atoms with Crippen LogP contribution in [-0.2, 0) is 33.3 Å². The summed E-state index contributed by atoms with van der Waals surface area (Å²) >= 11 is 4.64. The van der Waals surface area contributed by atoms with Crippen LogP contribution in [0.3, 0.4) is 0 Å². The van der Waals surface area contributed by atoms with Gasteiger partial charge in [-0.15, -0.1) is 0 Å². The number of thioether (sulfide) groups is 1. The Balaban J connectivity index is 2.33. The van der Waals surface area contributed by atoms with E-state index in [9.17, 15) is 14.4 Å². The third kappa shape index (κ3) is 6.45. The summed E-state index contributed by atoms with van der Waals surface area (Å²) in [5.41, 5.74) is -0.174. The molecule has 30 heavy (non-hydrogen) atoms. The van der Waals surface area contributed by atoms with Crippen molar-refractivity contribution in [2.24, 2.45) is 5.92 Å². The van der Waals surface area contributed by atoms with Crippen LogP contribution in [0, 0.1) is 17.2 Å². The highest BCUT2D eigenvalue weighted by Crippen LogP contribution is 2.39. The normalized spacial score (nSPS) is 25.7. The van der Waals surface area contributed by atoms with Gasteiger partial charge >= 0.3 is 17.9 Å². The fourth-order valence-corrected chi connectivity index (χ4v) is 4.91. The molecule has 1 aliphatic heterocycles. The number of hydrogen-bond donors (Lipinski definition) is 0. The number of esters is 3. The number of carbonyl (C=O) groups excluding carboxylic acids is 3. The van der Waals surface area contributed by atoms with Gasteiger partial charge in [0.25, 0.3) is 0 Å². The number of carbonyl (C=O) groups is 3. The van der Waals surface area contributed by atoms with E-state index in [0.29, 0.717) is 10.0 Å². The molecule has 5 atom stereocenters. The van der Waals surface area contributed by atoms with Crippen molar-refractivity contribution in [1.29, 1.82) is 5.26 Å². The number of rotatable bonds is 6. The van der Waals surface area contributed by atoms with E-state index in [4.69, 9.17) is 24.2 Å². The maximum Gasteiger partial charge on any atom is 0.303 e. The van der Waals surface area contributed by atoms with Crippen LogP contribution in [0.25, 0.3) is 0 Å². The molecule has 1 fully saturated rings. The van der Waals surface area contributed by atoms with Crippen LogP contribution in [0.15, 0.2) is 27.6 Å². The van der Waals surface area contributed by atoms with Gasteiger partial charge in [0.2, 0.25) is 0 Å². The third-order valence-corrected chi connectivity index (χ3v) is 6.14. The van der Waals surface area contributed by atoms with E-state index in [1.807, 2.05) is 0 Å². The molecule has 0 spiro atoms. The summed E-state index contributed by atoms with van der Waals surface area (Å²) in [6.07, 6.45) is -2.23. The lowest BCUT2D eigenvalue weighted by atomic mass is 9.91. The van der Waals surface area contributed by atoms with Crippen LogP contribution in [0.4, 0.5) is 0 Å². The third-order valence-electron chi connectivity index (χ3n) is 4.35. The summed E-state index contributed by atoms with van der Waals surface area (Å²) in [6, 6.07) is 7.26. The SMILES string of the molecule is CC(=O)OCC1O[C@H](Sc2ccc(C#N)c(Br)c2)C(OC(C)=O)C(C)[C@H]1OC(C)=O. The summed E-state index contributed by atoms with van der Waals surface area (Å²) in [5.74, 6) is -1.93. The minimum Gasteiger partial charge on any atom is -0.463 e. The maximum absolute atomic E-state index is 11.7. The van der Waals surface area contributed by atoms with Gasteiger partial charge in [-0.1, -0.05) is 18.7 Å². The van der Waals surface area contributed by atoms with Gasteiger partial charge in [0.05, 0.1) is 5.56 Å². The minimum atomic E-state index is -0.768. The Hall–Kier alpha value is -2.09. The zero-order valence-corrected chi connectivity index (χ0v) is 19.3. The molecule has 1 heterocycles. The van der Waals surface area contributed by atoms with Crippen LogP contribution >= 0.6 is 27.7 Å². The molecular formula is C20H22BrNO7S. The smallest absolute Gasteiger partial charge is 0.303 e. The van der Waals surface area contributed by atoms with Crippen molar-refractivity contribution in [3.63, 3.8) is 0 Å². The highest BCUT2D eigenvalue weighted by Gasteiger charge is 2.48. The van der Waals surface area contributed by atoms with E-state index in [1.165, 1.54) is 32.5 Å². The number of hydrogen-bond acceptors (Lipinski definition) is 9. The number of nitrogens with zero attached hydrogens (tertiary/aromatic N) is 1. The molecule has 1 aromatic rings. The van der Waals surface area contributed by atoms with Gasteiger partial charge in [-0.05, 0) is 34.1 Å². The zero-order chi connectivity index (χ0) is 22.4. The molecule has 0 saturated carbocycles. The fraction of sp³-hybridized carbons (Fsp3) is 0.500. The molecule has 0 amide bonds. The number of nitriles is 1. The maximum atomic E-state index is 11.7. The minimum absolute atomic E-state index is 0.113. The Kier molecular flexibility index (Phi) is 8.70. The first-order valence-corrected chi connectivity index (χ1v) is 10.8. The Morgan fingerprint density at radius 1 is 1.13 bits per heavy atom. The summed E-state index contributed by atoms with van der Waals surface area (Å²) < 4.78 is 22.7. The van der Waals surface area contributed by atoms with E-state index < -0.39 is 47.6 Å². The summed E-state index contributed by atoms with van der Waals surface area (Å²) in [5, 5.41) is 9.09. The van der Waals surface area contributed by atoms with E-state index in [2.05, 4.69) is 22.0 Å². The monoisotopic (exact) mass is 499 g/mol. The first-order chi connectivity index (χ1) is 14.1. The summed E-state index contributed by atoms with van der Waals surface area (Å²) in [6.45, 7) is 5.50. The molecule has 3 unspecified atom stereocenters. The average Bonchev–Trinajstić information content (AvgIpc) is 2.65. The van der Waals surface area contributed by atoms with Crippen molar-refractivity contribution in [2.45, 2.75) is 56.3 Å². The van der Waals surface area contributed by atoms with E-state index >= 15 is 0 Å². The number of benzene rings is 1. The molecular weight excluding hydrogens is 478 g/mol. The van der Waals surface area contributed by atoms with Gasteiger partial charge in [0, 0.05) is 36.1 Å². The second-order valence-electron chi connectivity index (χ2n) is 6.72. The highest BCUT2D eigenvalue weighted by atomic mass is 79.9. The van der Waals surface area contributed by atoms with Crippen molar-refractivity contribution < 1.29 is 33.3 Å². The lowest BCUT2D eigenvalue weighted by Crippen LogP contribution is -2.56. The molecule has 0 aromatic heterocycles. The first-order valence-electron chi connectivity index (χ1n) is 9.12. The zero-order valence-electron chi connectivity index (χ0n) is 16.9. The van der Waals surface area contributed by atoms with Crippen molar-refractivity contribution in [3.05, 3.63) is 28.2 Å². The summed E-state index contributed by atoms with van der Waals surface area (Å²) in [7, 11) is 0. The highest BCUT2D eigenvalue weighted by molar-refractivity contribution is 9.10. The quantitative estimate of drug-likeness (QED) is 0.429. The molecule has 8 nitrogen and oxygen atoms in total. The number of ether oxygens (including phenoxy) is 4. The van der Waals surface area contributed by atoms with Gasteiger partial charge in [0.15, 0.2) is 0 Å². The average molecular weight is 500 g/mol. The van der Waals surface area contributed by atoms with Crippen LogP contribution in [0.2, 0.25) is 0 Å². The van der Waals surface area contributed by atoms with Gasteiger partial charge in [-0.3, -0.25) is 14.4 Å². The Labute approximate surface area is 187 Å². The Morgan fingerprint density at radius 3 is 2.30 bits per heavy atom. The lowest BCUT2D eigenvalue weighted by molar-refractivity contribution is -0.212. The van der Waals surface area contributed by atoms with Crippen LogP contribution in [0.5, 0.6) is 0 Å². The largest absolute Gasteiger partial charge is 0.463 e. The number of halogens is 1. The van der Waals surface area contributed by atoms with Crippen molar-refractivity contribution in [1.82, 2.24) is 0 Å². The van der Waals surface area contributed by atoms with Gasteiger partial charge in [-0.2, -0.15) is 5.26 Å². The molecule has 0 aliphatic carbocycles. The van der Waals surface area contributed by atoms with Crippen LogP contribution in [0.1, 0.15) is 33.3 Å². The van der Waals surface area contributed by atoms with Crippen molar-refractivity contribution in [2.75, 3.05) is 6.61 Å². The Bertz CT molecular complexity index is 854. The predicted molar refractivity (Wildman–Crippen MR) is 110 cm³/mol. The lowest BCUT2D eigenvalue weighted by Gasteiger charge is -2.43. The molecule has 0 bridgehead atoms. The molecule has 1 aromatic carbocycles. The summed E-state index contributed by atoms with van der Waals surface area (Å²) in [4.78, 5) is 35.4. The standard InChI is InChI=1S/C20H22BrNO7S/c1-10-18(27-12(3)24)17(9-26-11(2)23)29-20(19(10)28-13(4)25)30-15-6-5-14(8-22)16(21)7-15/h5-7,10,17-20H,9H2,1-4H3/t10?,17?,18-,19?,20-/m1/s1. The van der Waals surface area contributed by atoms with Gasteiger partial charge in [-0.25, -0.2) is 0 Å². The van der Waals surface area contributed by atoms with Gasteiger partial charge < -0.3 is 18.9 Å². The van der Waals surface area contributed by atoms with Gasteiger partial charge in [0.1, 0.15) is 36.4 Å². The first kappa shape index (κ1) is 24.2. The second kappa shape index (κ2) is 10.8. The molecule has 0 N–H and O–H groups in total. The Morgan fingerprint density at radius 2 is 1.77 bits per heavy atom. The molecule has 10 heteroatoms. The molecule has 0 radical (unpaired) electrons. The fourth-order valence-electron chi connectivity index (χ4n) is 3.05. The van der Waals surface area contributed by atoms with Crippen LogP contribution < -0.4 is 0 Å². The van der Waals surface area contributed by atoms with E-state index in [0.717, 1.165) is 4.90 Å². The molecule has 162 valence electrons. The molecule has 1 saturated heterocycles. The molecule has 2 rings (SSSR count). The predicted octanol–water partition coefficient (Wildman–Crippen LogP) is 3.20. The van der Waals surface area contributed by atoms with Crippen molar-refractivity contribution in [3.8, 4) is 6.07 Å². The van der Waals surface area contributed by atoms with E-state index in [-0.39, 0.29) is 6.61 Å². The van der Waals surface area contributed by atoms with Crippen molar-refractivity contribution >= 4 is 45.6 Å². The second-order valence-corrected chi connectivity index (χ2v) is 8.75. The van der Waals surface area contributed by atoms with E-state index in [1.54, 1.807) is 25.1 Å². The van der Waals surface area contributed by atoms with Crippen LogP contribution in [-0.4, -0.2) is 48.3 Å². The topological polar surface area (TPSA) is 112 Å².